The number of nitrogens with one attached hydrogen (secondary N) is 1. The van der Waals surface area contributed by atoms with Crippen LogP contribution in [0.25, 0.3) is 0 Å². The van der Waals surface area contributed by atoms with Gasteiger partial charge in [-0.25, -0.2) is 4.79 Å². The number of halogens is 1. The summed E-state index contributed by atoms with van der Waals surface area (Å²) in [5.41, 5.74) is 7.55. The number of nitrogens with zero attached hydrogens (tertiary/aromatic N) is 2. The number of hydrogen-bond acceptors (Lipinski definition) is 4. The van der Waals surface area contributed by atoms with Crippen molar-refractivity contribution in [2.24, 2.45) is 5.73 Å². The summed E-state index contributed by atoms with van der Waals surface area (Å²) in [7, 11) is 1.80. The van der Waals surface area contributed by atoms with Crippen LogP contribution in [0.2, 0.25) is 0 Å². The van der Waals surface area contributed by atoms with Crippen LogP contribution in [0.15, 0.2) is 54.6 Å². The summed E-state index contributed by atoms with van der Waals surface area (Å²) < 4.78 is 0. The van der Waals surface area contributed by atoms with E-state index in [0.29, 0.717) is 24.3 Å². The van der Waals surface area contributed by atoms with E-state index in [1.807, 2.05) is 42.5 Å². The van der Waals surface area contributed by atoms with Crippen molar-refractivity contribution in [3.05, 3.63) is 65.7 Å². The van der Waals surface area contributed by atoms with Crippen molar-refractivity contribution in [3.8, 4) is 0 Å². The molecule has 32 heavy (non-hydrogen) atoms. The Kier molecular flexibility index (Phi) is 12.5. The van der Waals surface area contributed by atoms with Crippen LogP contribution in [-0.4, -0.2) is 70.6 Å². The van der Waals surface area contributed by atoms with Crippen LogP contribution in [0.4, 0.5) is 10.5 Å². The zero-order valence-electron chi connectivity index (χ0n) is 18.0. The lowest BCUT2D eigenvalue weighted by Crippen LogP contribution is -2.39. The molecule has 0 bridgehead atoms. The molecular formula is C22H33ClN4O5. The van der Waals surface area contributed by atoms with Crippen molar-refractivity contribution in [1.29, 1.82) is 0 Å². The molecule has 2 aromatic carbocycles. The predicted molar refractivity (Wildman–Crippen MR) is 127 cm³/mol. The number of hydrogen-bond donors (Lipinski definition) is 3. The van der Waals surface area contributed by atoms with E-state index in [1.165, 1.54) is 0 Å². The molecule has 1 fully saturated rings. The number of β-amino-alcohol motifs (C(OH)–C–C–N with tert-alkyl or cyclic N) is 1. The second-order valence-corrected chi connectivity index (χ2v) is 7.46. The Bertz CT molecular complexity index is 855. The number of aliphatic hydroxyl groups is 1. The van der Waals surface area contributed by atoms with Crippen LogP contribution in [0.3, 0.4) is 0 Å². The first-order valence-corrected chi connectivity index (χ1v) is 9.79. The Hall–Kier alpha value is -2.69. The van der Waals surface area contributed by atoms with Crippen molar-refractivity contribution in [3.63, 3.8) is 0 Å². The van der Waals surface area contributed by atoms with Gasteiger partial charge in [-0.15, -0.1) is 12.4 Å². The molecule has 3 amide bonds. The van der Waals surface area contributed by atoms with Crippen LogP contribution >= 0.6 is 12.4 Å². The molecule has 10 heteroatoms. The van der Waals surface area contributed by atoms with Crippen molar-refractivity contribution < 1.29 is 25.6 Å². The third kappa shape index (κ3) is 7.77. The molecule has 0 aromatic heterocycles. The van der Waals surface area contributed by atoms with Gasteiger partial charge in [0.25, 0.3) is 0 Å². The van der Waals surface area contributed by atoms with Crippen molar-refractivity contribution in [1.82, 2.24) is 9.80 Å². The largest absolute Gasteiger partial charge is 0.412 e. The molecule has 1 heterocycles. The SMILES string of the molecule is CN(C(=O)Cc1ccccc1NC(N)=O)[C@H](CN1CCC(O)C1)c1ccccc1.Cl.O.O. The number of rotatable bonds is 7. The van der Waals surface area contributed by atoms with Gasteiger partial charge in [0.2, 0.25) is 5.91 Å². The highest BCUT2D eigenvalue weighted by molar-refractivity contribution is 5.90. The van der Waals surface area contributed by atoms with Crippen LogP contribution < -0.4 is 11.1 Å². The molecule has 178 valence electrons. The van der Waals surface area contributed by atoms with Gasteiger partial charge in [-0.1, -0.05) is 48.5 Å². The highest BCUT2D eigenvalue weighted by atomic mass is 35.5. The maximum absolute atomic E-state index is 13.1. The fourth-order valence-electron chi connectivity index (χ4n) is 3.74. The molecule has 8 N–H and O–H groups in total. The van der Waals surface area contributed by atoms with Gasteiger partial charge in [0.1, 0.15) is 0 Å². The molecule has 0 spiro atoms. The van der Waals surface area contributed by atoms with Gasteiger partial charge in [0.05, 0.1) is 18.6 Å². The van der Waals surface area contributed by atoms with Crippen LogP contribution in [0, 0.1) is 0 Å². The molecule has 3 rings (SSSR count). The lowest BCUT2D eigenvalue weighted by Gasteiger charge is -2.32. The highest BCUT2D eigenvalue weighted by Crippen LogP contribution is 2.25. The summed E-state index contributed by atoms with van der Waals surface area (Å²) in [6.07, 6.45) is 0.601. The van der Waals surface area contributed by atoms with Crippen molar-refractivity contribution >= 4 is 30.0 Å². The van der Waals surface area contributed by atoms with E-state index < -0.39 is 6.03 Å². The number of primary amides is 1. The number of amides is 3. The van der Waals surface area contributed by atoms with Crippen molar-refractivity contribution in [2.45, 2.75) is 25.0 Å². The number of likely N-dealkylation sites (N-methyl/N-ethyl adjacent to an activating group) is 1. The van der Waals surface area contributed by atoms with Gasteiger partial charge in [-0.2, -0.15) is 0 Å². The number of carbonyl (C=O) groups excluding carboxylic acids is 2. The summed E-state index contributed by atoms with van der Waals surface area (Å²) in [5.74, 6) is -0.0580. The lowest BCUT2D eigenvalue weighted by atomic mass is 10.0. The molecule has 1 unspecified atom stereocenters. The summed E-state index contributed by atoms with van der Waals surface area (Å²) in [6.45, 7) is 2.10. The number of carbonyl (C=O) groups is 2. The van der Waals surface area contributed by atoms with Gasteiger partial charge in [0, 0.05) is 32.4 Å². The maximum atomic E-state index is 13.1. The number of likely N-dealkylation sites (tertiary alicyclic amines) is 1. The Morgan fingerprint density at radius 1 is 1.16 bits per heavy atom. The van der Waals surface area contributed by atoms with Crippen molar-refractivity contribution in [2.75, 3.05) is 32.0 Å². The summed E-state index contributed by atoms with van der Waals surface area (Å²) in [4.78, 5) is 28.3. The molecule has 2 atom stereocenters. The van der Waals surface area contributed by atoms with E-state index >= 15 is 0 Å². The third-order valence-electron chi connectivity index (χ3n) is 5.34. The van der Waals surface area contributed by atoms with Crippen LogP contribution in [-0.2, 0) is 11.2 Å². The second-order valence-electron chi connectivity index (χ2n) is 7.46. The Balaban J connectivity index is 0.00000320. The molecule has 0 saturated carbocycles. The number of benzene rings is 2. The molecule has 0 radical (unpaired) electrons. The average molecular weight is 469 g/mol. The Morgan fingerprint density at radius 3 is 2.38 bits per heavy atom. The molecular weight excluding hydrogens is 436 g/mol. The summed E-state index contributed by atoms with van der Waals surface area (Å²) in [6, 6.07) is 16.3. The van der Waals surface area contributed by atoms with E-state index in [2.05, 4.69) is 10.2 Å². The molecule has 1 aliphatic heterocycles. The molecule has 0 aliphatic carbocycles. The fourth-order valence-corrected chi connectivity index (χ4v) is 3.74. The number of para-hydroxylation sites is 1. The molecule has 1 saturated heterocycles. The van der Waals surface area contributed by atoms with Crippen LogP contribution in [0.5, 0.6) is 0 Å². The highest BCUT2D eigenvalue weighted by Gasteiger charge is 2.28. The van der Waals surface area contributed by atoms with Gasteiger partial charge in [-0.3, -0.25) is 9.69 Å². The molecule has 1 aliphatic rings. The monoisotopic (exact) mass is 468 g/mol. The van der Waals surface area contributed by atoms with E-state index in [0.717, 1.165) is 18.5 Å². The quantitative estimate of drug-likeness (QED) is 0.546. The predicted octanol–water partition coefficient (Wildman–Crippen LogP) is 0.758. The molecule has 2 aromatic rings. The normalized spacial score (nSPS) is 16.0. The number of anilines is 1. The second kappa shape index (κ2) is 13.7. The lowest BCUT2D eigenvalue weighted by molar-refractivity contribution is -0.131. The number of urea groups is 1. The smallest absolute Gasteiger partial charge is 0.316 e. The Morgan fingerprint density at radius 2 is 1.78 bits per heavy atom. The standard InChI is InChI=1S/C22H28N4O3.ClH.2H2O/c1-25(21(28)13-17-9-5-6-10-19(17)24-22(23)29)20(16-7-3-2-4-8-16)15-26-12-11-18(27)14-26;;;/h2-10,18,20,27H,11-15H2,1H3,(H3,23,24,29);1H;2*1H2/t18?,20-;;;/m1.../s1. The average Bonchev–Trinajstić information content (AvgIpc) is 3.12. The Labute approximate surface area is 194 Å². The van der Waals surface area contributed by atoms with E-state index in [4.69, 9.17) is 5.73 Å². The summed E-state index contributed by atoms with van der Waals surface area (Å²) in [5, 5.41) is 12.4. The number of nitrogens with two attached hydrogens (primary N) is 1. The van der Waals surface area contributed by atoms with E-state index in [1.54, 1.807) is 24.1 Å². The van der Waals surface area contributed by atoms with E-state index in [9.17, 15) is 14.7 Å². The van der Waals surface area contributed by atoms with Gasteiger partial charge in [-0.05, 0) is 23.6 Å². The zero-order valence-corrected chi connectivity index (χ0v) is 18.8. The van der Waals surface area contributed by atoms with Gasteiger partial charge in [0.15, 0.2) is 0 Å². The zero-order chi connectivity index (χ0) is 20.8. The van der Waals surface area contributed by atoms with Crippen LogP contribution in [0.1, 0.15) is 23.6 Å². The van der Waals surface area contributed by atoms with Gasteiger partial charge >= 0.3 is 6.03 Å². The first-order valence-electron chi connectivity index (χ1n) is 9.79. The molecule has 9 nitrogen and oxygen atoms in total. The first kappa shape index (κ1) is 29.3. The topological polar surface area (TPSA) is 162 Å². The minimum atomic E-state index is -0.659. The maximum Gasteiger partial charge on any atom is 0.316 e. The number of aliphatic hydroxyl groups excluding tert-OH is 1. The minimum Gasteiger partial charge on any atom is -0.412 e. The summed E-state index contributed by atoms with van der Waals surface area (Å²) >= 11 is 0. The first-order chi connectivity index (χ1) is 13.9. The minimum absolute atomic E-state index is 0. The van der Waals surface area contributed by atoms with Gasteiger partial charge < -0.3 is 32.0 Å². The fraction of sp³-hybridized carbons (Fsp3) is 0.364. The van der Waals surface area contributed by atoms with E-state index in [-0.39, 0.29) is 47.8 Å². The third-order valence-corrected chi connectivity index (χ3v) is 5.34.